The molecule has 0 saturated carbocycles. The largest absolute Gasteiger partial charge is 0.379 e. The second-order valence-corrected chi connectivity index (χ2v) is 4.88. The fourth-order valence-corrected chi connectivity index (χ4v) is 1.22. The summed E-state index contributed by atoms with van der Waals surface area (Å²) >= 11 is 0. The molecule has 0 aliphatic heterocycles. The van der Waals surface area contributed by atoms with Crippen molar-refractivity contribution in [3.63, 3.8) is 0 Å². The minimum atomic E-state index is 0.233. The van der Waals surface area contributed by atoms with Crippen LogP contribution in [0.4, 0.5) is 0 Å². The highest BCUT2D eigenvalue weighted by Gasteiger charge is 1.99. The van der Waals surface area contributed by atoms with Crippen LogP contribution in [0.1, 0.15) is 53.9 Å². The molecule has 2 unspecified atom stereocenters. The summed E-state index contributed by atoms with van der Waals surface area (Å²) in [5.74, 6) is 0. The summed E-state index contributed by atoms with van der Waals surface area (Å²) in [6.45, 7) is 14.3. The summed E-state index contributed by atoms with van der Waals surface area (Å²) in [5, 5.41) is 0. The van der Waals surface area contributed by atoms with Crippen molar-refractivity contribution in [1.29, 1.82) is 0 Å². The molecule has 2 atom stereocenters. The minimum absolute atomic E-state index is 0.233. The lowest BCUT2D eigenvalue weighted by Gasteiger charge is -2.11. The molecule has 0 aliphatic carbocycles. The first-order valence-electron chi connectivity index (χ1n) is 7.92. The Morgan fingerprint density at radius 3 is 1.55 bits per heavy atom. The lowest BCUT2D eigenvalue weighted by molar-refractivity contribution is -0.00611. The molecular weight excluding hydrogens is 256 g/mol. The molecule has 0 amide bonds. The fourth-order valence-electron chi connectivity index (χ4n) is 1.22. The lowest BCUT2D eigenvalue weighted by Crippen LogP contribution is -2.16. The molecule has 0 spiro atoms. The zero-order valence-electron chi connectivity index (χ0n) is 14.4. The molecule has 124 valence electrons. The molecule has 20 heavy (non-hydrogen) atoms. The summed E-state index contributed by atoms with van der Waals surface area (Å²) < 4.78 is 20.9. The van der Waals surface area contributed by atoms with Crippen molar-refractivity contribution in [3.05, 3.63) is 0 Å². The smallest absolute Gasteiger partial charge is 0.0780 e. The molecule has 0 N–H and O–H groups in total. The van der Waals surface area contributed by atoms with E-state index in [0.29, 0.717) is 6.61 Å². The van der Waals surface area contributed by atoms with Gasteiger partial charge in [-0.1, -0.05) is 20.8 Å². The van der Waals surface area contributed by atoms with E-state index in [-0.39, 0.29) is 12.2 Å². The van der Waals surface area contributed by atoms with E-state index in [1.807, 2.05) is 13.8 Å². The average molecular weight is 292 g/mol. The fraction of sp³-hybridized carbons (Fsp3) is 1.00. The Bertz CT molecular complexity index is 165. The maximum absolute atomic E-state index is 5.41. The van der Waals surface area contributed by atoms with Crippen LogP contribution in [0.2, 0.25) is 0 Å². The number of hydrogen-bond donors (Lipinski definition) is 0. The van der Waals surface area contributed by atoms with Crippen LogP contribution in [0.5, 0.6) is 0 Å². The average Bonchev–Trinajstić information content (AvgIpc) is 2.46. The molecule has 4 nitrogen and oxygen atoms in total. The molecule has 0 radical (unpaired) electrons. The Morgan fingerprint density at radius 2 is 1.15 bits per heavy atom. The predicted molar refractivity (Wildman–Crippen MR) is 84.4 cm³/mol. The van der Waals surface area contributed by atoms with Crippen LogP contribution in [-0.2, 0) is 18.9 Å². The van der Waals surface area contributed by atoms with Crippen molar-refractivity contribution in [2.24, 2.45) is 0 Å². The highest BCUT2D eigenvalue weighted by molar-refractivity contribution is 4.46. The SMILES string of the molecule is CCCOCC(C)OC.CCCOCC(C)OCCC. The van der Waals surface area contributed by atoms with Gasteiger partial charge in [-0.25, -0.2) is 0 Å². The topological polar surface area (TPSA) is 36.9 Å². The second-order valence-electron chi connectivity index (χ2n) is 4.88. The molecule has 0 aromatic heterocycles. The predicted octanol–water partition coefficient (Wildman–Crippen LogP) is 3.68. The van der Waals surface area contributed by atoms with Gasteiger partial charge in [0.2, 0.25) is 0 Å². The maximum atomic E-state index is 5.41. The Hall–Kier alpha value is -0.160. The molecule has 0 heterocycles. The van der Waals surface area contributed by atoms with Crippen molar-refractivity contribution < 1.29 is 18.9 Å². The van der Waals surface area contributed by atoms with E-state index in [1.165, 1.54) is 0 Å². The van der Waals surface area contributed by atoms with Gasteiger partial charge in [-0.15, -0.1) is 0 Å². The summed E-state index contributed by atoms with van der Waals surface area (Å²) in [7, 11) is 1.69. The van der Waals surface area contributed by atoms with Crippen molar-refractivity contribution in [3.8, 4) is 0 Å². The summed E-state index contributed by atoms with van der Waals surface area (Å²) in [5.41, 5.74) is 0. The van der Waals surface area contributed by atoms with E-state index in [2.05, 4.69) is 20.8 Å². The van der Waals surface area contributed by atoms with Gasteiger partial charge < -0.3 is 18.9 Å². The van der Waals surface area contributed by atoms with Gasteiger partial charge in [0.15, 0.2) is 0 Å². The first-order valence-corrected chi connectivity index (χ1v) is 7.92. The third kappa shape index (κ3) is 20.2. The number of hydrogen-bond acceptors (Lipinski definition) is 4. The molecule has 0 aromatic rings. The normalized spacial score (nSPS) is 13.5. The Kier molecular flexibility index (Phi) is 20.8. The Morgan fingerprint density at radius 1 is 0.700 bits per heavy atom. The van der Waals surface area contributed by atoms with Gasteiger partial charge >= 0.3 is 0 Å². The molecule has 4 heteroatoms. The van der Waals surface area contributed by atoms with Gasteiger partial charge in [0.1, 0.15) is 0 Å². The van der Waals surface area contributed by atoms with Gasteiger partial charge in [-0.2, -0.15) is 0 Å². The first kappa shape index (κ1) is 22.1. The molecule has 0 aliphatic rings. The van der Waals surface area contributed by atoms with Crippen LogP contribution in [0.25, 0.3) is 0 Å². The van der Waals surface area contributed by atoms with E-state index in [4.69, 9.17) is 18.9 Å². The van der Waals surface area contributed by atoms with Gasteiger partial charge in [-0.05, 0) is 33.1 Å². The maximum Gasteiger partial charge on any atom is 0.0780 e. The van der Waals surface area contributed by atoms with Crippen molar-refractivity contribution in [2.75, 3.05) is 40.1 Å². The molecule has 0 fully saturated rings. The number of ether oxygens (including phenoxy) is 4. The molecule has 0 rings (SSSR count). The van der Waals surface area contributed by atoms with Crippen molar-refractivity contribution in [1.82, 2.24) is 0 Å². The van der Waals surface area contributed by atoms with E-state index in [9.17, 15) is 0 Å². The second kappa shape index (κ2) is 18.8. The van der Waals surface area contributed by atoms with Crippen molar-refractivity contribution in [2.45, 2.75) is 66.1 Å². The number of methoxy groups -OCH3 is 1. The molecule has 0 saturated heterocycles. The van der Waals surface area contributed by atoms with Crippen LogP contribution >= 0.6 is 0 Å². The van der Waals surface area contributed by atoms with Gasteiger partial charge in [0.05, 0.1) is 25.4 Å². The highest BCUT2D eigenvalue weighted by Crippen LogP contribution is 1.93. The van der Waals surface area contributed by atoms with Crippen LogP contribution in [0, 0.1) is 0 Å². The van der Waals surface area contributed by atoms with Gasteiger partial charge in [0.25, 0.3) is 0 Å². The van der Waals surface area contributed by atoms with E-state index >= 15 is 0 Å². The standard InChI is InChI=1S/C9H20O2.C7H16O2/c1-4-6-10-8-9(3)11-7-5-2;1-4-5-9-6-7(2)8-3/h9H,4-8H2,1-3H3;7H,4-6H2,1-3H3. The quantitative estimate of drug-likeness (QED) is 0.514. The monoisotopic (exact) mass is 292 g/mol. The van der Waals surface area contributed by atoms with Crippen LogP contribution < -0.4 is 0 Å². The third-order valence-electron chi connectivity index (χ3n) is 2.41. The number of rotatable bonds is 12. The summed E-state index contributed by atoms with van der Waals surface area (Å²) in [4.78, 5) is 0. The van der Waals surface area contributed by atoms with Crippen LogP contribution in [0.3, 0.4) is 0 Å². The van der Waals surface area contributed by atoms with Crippen LogP contribution in [0.15, 0.2) is 0 Å². The van der Waals surface area contributed by atoms with Gasteiger partial charge in [-0.3, -0.25) is 0 Å². The van der Waals surface area contributed by atoms with Gasteiger partial charge in [0, 0.05) is 26.9 Å². The van der Waals surface area contributed by atoms with E-state index in [1.54, 1.807) is 7.11 Å². The molecular formula is C16H36O4. The van der Waals surface area contributed by atoms with E-state index < -0.39 is 0 Å². The Balaban J connectivity index is 0. The van der Waals surface area contributed by atoms with E-state index in [0.717, 1.165) is 45.7 Å². The van der Waals surface area contributed by atoms with Crippen LogP contribution in [-0.4, -0.2) is 52.4 Å². The molecule has 0 bridgehead atoms. The first-order chi connectivity index (χ1) is 9.62. The lowest BCUT2D eigenvalue weighted by atomic mass is 10.4. The van der Waals surface area contributed by atoms with Crippen molar-refractivity contribution >= 4 is 0 Å². The Labute approximate surface area is 126 Å². The third-order valence-corrected chi connectivity index (χ3v) is 2.41. The summed E-state index contributed by atoms with van der Waals surface area (Å²) in [6, 6.07) is 0. The minimum Gasteiger partial charge on any atom is -0.379 e. The zero-order chi connectivity index (χ0) is 15.6. The highest BCUT2D eigenvalue weighted by atomic mass is 16.5. The zero-order valence-corrected chi connectivity index (χ0v) is 14.4. The summed E-state index contributed by atoms with van der Waals surface area (Å²) in [6.07, 6.45) is 3.73. The molecule has 0 aromatic carbocycles.